The van der Waals surface area contributed by atoms with Gasteiger partial charge in [-0.05, 0) is 59.4 Å². The molecule has 2 aromatic heterocycles. The second kappa shape index (κ2) is 8.81. The molecule has 32 heavy (non-hydrogen) atoms. The number of fused-ring (bicyclic) bond motifs is 1. The summed E-state index contributed by atoms with van der Waals surface area (Å²) in [6.07, 6.45) is 2.47. The number of aryl methyl sites for hydroxylation is 1. The molecule has 8 heteroatoms. The lowest BCUT2D eigenvalue weighted by Gasteiger charge is -2.32. The van der Waals surface area contributed by atoms with Crippen LogP contribution in [0.3, 0.4) is 0 Å². The zero-order chi connectivity index (χ0) is 23.2. The summed E-state index contributed by atoms with van der Waals surface area (Å²) in [5, 5.41) is 4.60. The second-order valence-electron chi connectivity index (χ2n) is 9.76. The molecule has 1 fully saturated rings. The maximum Gasteiger partial charge on any atom is 0.254 e. The molecule has 0 aromatic carbocycles. The highest BCUT2D eigenvalue weighted by molar-refractivity contribution is 5.79. The number of aromatic amines is 1. The fraction of sp³-hybridized carbons (Fsp3) is 0.667. The van der Waals surface area contributed by atoms with Crippen molar-refractivity contribution < 1.29 is 4.79 Å². The minimum atomic E-state index is -0.200. The Hall–Kier alpha value is -2.48. The molecule has 2 aliphatic rings. The van der Waals surface area contributed by atoms with Gasteiger partial charge < -0.3 is 9.88 Å². The summed E-state index contributed by atoms with van der Waals surface area (Å²) in [5.74, 6) is 0.537. The first kappa shape index (κ1) is 22.7. The van der Waals surface area contributed by atoms with Gasteiger partial charge in [-0.3, -0.25) is 19.2 Å². The van der Waals surface area contributed by atoms with Gasteiger partial charge in [0, 0.05) is 36.9 Å². The molecule has 1 saturated heterocycles. The summed E-state index contributed by atoms with van der Waals surface area (Å²) in [4.78, 5) is 38.4. The topological polar surface area (TPSA) is 87.1 Å². The van der Waals surface area contributed by atoms with Crippen LogP contribution in [0.2, 0.25) is 0 Å². The van der Waals surface area contributed by atoms with Gasteiger partial charge in [0.25, 0.3) is 5.56 Å². The van der Waals surface area contributed by atoms with Crippen molar-refractivity contribution in [3.05, 3.63) is 44.4 Å². The summed E-state index contributed by atoms with van der Waals surface area (Å²) >= 11 is 0. The van der Waals surface area contributed by atoms with Crippen molar-refractivity contribution in [1.82, 2.24) is 29.5 Å². The second-order valence-corrected chi connectivity index (χ2v) is 9.76. The van der Waals surface area contributed by atoms with E-state index in [2.05, 4.69) is 35.8 Å². The average Bonchev–Trinajstić information content (AvgIpc) is 3.34. The fourth-order valence-electron chi connectivity index (χ4n) is 4.98. The first-order chi connectivity index (χ1) is 15.2. The largest absolute Gasteiger partial charge is 0.332 e. The maximum atomic E-state index is 13.4. The van der Waals surface area contributed by atoms with Gasteiger partial charge >= 0.3 is 0 Å². The number of likely N-dealkylation sites (tertiary alicyclic amines) is 1. The van der Waals surface area contributed by atoms with Crippen molar-refractivity contribution in [2.75, 3.05) is 13.1 Å². The number of rotatable bonds is 5. The summed E-state index contributed by atoms with van der Waals surface area (Å²) in [5.41, 5.74) is 4.92. The van der Waals surface area contributed by atoms with Crippen molar-refractivity contribution in [1.29, 1.82) is 0 Å². The van der Waals surface area contributed by atoms with E-state index in [1.54, 1.807) is 0 Å². The van der Waals surface area contributed by atoms with E-state index in [4.69, 9.17) is 4.98 Å². The van der Waals surface area contributed by atoms with Gasteiger partial charge in [0.2, 0.25) is 5.91 Å². The van der Waals surface area contributed by atoms with Gasteiger partial charge in [-0.1, -0.05) is 6.92 Å². The number of hydrogen-bond donors (Lipinski definition) is 1. The normalized spacial score (nSPS) is 20.1. The monoisotopic (exact) mass is 440 g/mol. The first-order valence-corrected chi connectivity index (χ1v) is 11.8. The maximum absolute atomic E-state index is 13.4. The minimum Gasteiger partial charge on any atom is -0.332 e. The number of aromatic nitrogens is 4. The molecule has 1 amide bonds. The van der Waals surface area contributed by atoms with Gasteiger partial charge in [0.15, 0.2) is 0 Å². The number of carbonyl (C=O) groups excluding carboxylic acids is 1. The van der Waals surface area contributed by atoms with E-state index in [0.29, 0.717) is 31.5 Å². The third-order valence-corrected chi connectivity index (χ3v) is 7.31. The molecular formula is C24H36N6O2. The fourth-order valence-corrected chi connectivity index (χ4v) is 4.98. The molecule has 2 aliphatic heterocycles. The number of amides is 1. The van der Waals surface area contributed by atoms with Crippen LogP contribution in [0.15, 0.2) is 4.79 Å². The molecule has 4 heterocycles. The van der Waals surface area contributed by atoms with E-state index in [1.807, 2.05) is 30.4 Å². The third kappa shape index (κ3) is 4.12. The molecular weight excluding hydrogens is 404 g/mol. The molecule has 0 bridgehead atoms. The Labute approximate surface area is 190 Å². The Balaban J connectivity index is 1.55. The van der Waals surface area contributed by atoms with Crippen LogP contribution in [0.4, 0.5) is 0 Å². The molecule has 0 unspecified atom stereocenters. The van der Waals surface area contributed by atoms with Crippen LogP contribution in [0.5, 0.6) is 0 Å². The van der Waals surface area contributed by atoms with Crippen molar-refractivity contribution in [3.8, 4) is 0 Å². The Morgan fingerprint density at radius 1 is 1.19 bits per heavy atom. The Kier molecular flexibility index (Phi) is 6.25. The standard InChI is InChI=1S/C24H36N6O2/c1-14(2)28-11-9-19-20(13-28)25-22(26-23(19)31)21-8-7-10-29(21)24(32)15(3)12-30-18(6)16(4)17(5)27-30/h14-15,21H,7-13H2,1-6H3,(H,25,26,31)/t15-,21+/m1/s1. The Morgan fingerprint density at radius 3 is 2.59 bits per heavy atom. The van der Waals surface area contributed by atoms with Crippen molar-refractivity contribution in [3.63, 3.8) is 0 Å². The van der Waals surface area contributed by atoms with Crippen LogP contribution < -0.4 is 5.56 Å². The number of hydrogen-bond acceptors (Lipinski definition) is 5. The van der Waals surface area contributed by atoms with Crippen LogP contribution in [-0.2, 0) is 24.3 Å². The van der Waals surface area contributed by atoms with E-state index >= 15 is 0 Å². The molecule has 1 N–H and O–H groups in total. The molecule has 0 aliphatic carbocycles. The van der Waals surface area contributed by atoms with E-state index in [-0.39, 0.29) is 23.4 Å². The van der Waals surface area contributed by atoms with Gasteiger partial charge in [-0.25, -0.2) is 4.98 Å². The van der Waals surface area contributed by atoms with E-state index in [9.17, 15) is 9.59 Å². The smallest absolute Gasteiger partial charge is 0.254 e. The number of nitrogens with zero attached hydrogens (tertiary/aromatic N) is 5. The lowest BCUT2D eigenvalue weighted by molar-refractivity contribution is -0.136. The summed E-state index contributed by atoms with van der Waals surface area (Å²) in [6.45, 7) is 15.2. The van der Waals surface area contributed by atoms with E-state index in [1.165, 1.54) is 5.56 Å². The van der Waals surface area contributed by atoms with Crippen LogP contribution in [0, 0.1) is 26.7 Å². The van der Waals surface area contributed by atoms with Crippen LogP contribution in [0.25, 0.3) is 0 Å². The van der Waals surface area contributed by atoms with Crippen LogP contribution in [0.1, 0.15) is 73.7 Å². The van der Waals surface area contributed by atoms with Crippen molar-refractivity contribution in [2.24, 2.45) is 5.92 Å². The zero-order valence-corrected chi connectivity index (χ0v) is 20.2. The highest BCUT2D eigenvalue weighted by Gasteiger charge is 2.35. The zero-order valence-electron chi connectivity index (χ0n) is 20.2. The van der Waals surface area contributed by atoms with Gasteiger partial charge in [0.1, 0.15) is 5.82 Å². The summed E-state index contributed by atoms with van der Waals surface area (Å²) in [6, 6.07) is 0.246. The lowest BCUT2D eigenvalue weighted by Crippen LogP contribution is -2.41. The quantitative estimate of drug-likeness (QED) is 0.772. The van der Waals surface area contributed by atoms with Crippen LogP contribution in [-0.4, -0.2) is 54.6 Å². The lowest BCUT2D eigenvalue weighted by atomic mass is 10.0. The highest BCUT2D eigenvalue weighted by atomic mass is 16.2. The van der Waals surface area contributed by atoms with Gasteiger partial charge in [-0.2, -0.15) is 5.10 Å². The molecule has 8 nitrogen and oxygen atoms in total. The molecule has 0 spiro atoms. The third-order valence-electron chi connectivity index (χ3n) is 7.31. The molecule has 174 valence electrons. The summed E-state index contributed by atoms with van der Waals surface area (Å²) < 4.78 is 1.94. The van der Waals surface area contributed by atoms with Gasteiger partial charge in [-0.15, -0.1) is 0 Å². The van der Waals surface area contributed by atoms with Crippen molar-refractivity contribution >= 4 is 5.91 Å². The molecule has 0 saturated carbocycles. The predicted molar refractivity (Wildman–Crippen MR) is 123 cm³/mol. The summed E-state index contributed by atoms with van der Waals surface area (Å²) in [7, 11) is 0. The SMILES string of the molecule is Cc1nn(C[C@@H](C)C(=O)N2CCC[C@H]2c2nc3c(c(=O)[nH]2)CCN(C(C)C)C3)c(C)c1C. The number of H-pyrrole nitrogens is 1. The number of nitrogens with one attached hydrogen (secondary N) is 1. The minimum absolute atomic E-state index is 0.0427. The molecule has 4 rings (SSSR count). The molecule has 2 atom stereocenters. The highest BCUT2D eigenvalue weighted by Crippen LogP contribution is 2.32. The number of carbonyl (C=O) groups is 1. The molecule has 2 aromatic rings. The average molecular weight is 441 g/mol. The Morgan fingerprint density at radius 2 is 1.94 bits per heavy atom. The first-order valence-electron chi connectivity index (χ1n) is 11.8. The van der Waals surface area contributed by atoms with Crippen LogP contribution >= 0.6 is 0 Å². The predicted octanol–water partition coefficient (Wildman–Crippen LogP) is 2.66. The van der Waals surface area contributed by atoms with Gasteiger partial charge in [0.05, 0.1) is 29.9 Å². The van der Waals surface area contributed by atoms with E-state index in [0.717, 1.165) is 48.5 Å². The molecule has 0 radical (unpaired) electrons. The van der Waals surface area contributed by atoms with E-state index < -0.39 is 0 Å². The Bertz CT molecular complexity index is 1070. The van der Waals surface area contributed by atoms with Crippen molar-refractivity contribution in [2.45, 2.75) is 86.0 Å².